The molecule has 0 bridgehead atoms. The number of rotatable bonds is 8. The second-order valence-electron chi connectivity index (χ2n) is 7.20. The highest BCUT2D eigenvalue weighted by Gasteiger charge is 2.39. The van der Waals surface area contributed by atoms with E-state index in [1.807, 2.05) is 0 Å². The van der Waals surface area contributed by atoms with Crippen LogP contribution in [0.5, 0.6) is 0 Å². The van der Waals surface area contributed by atoms with Crippen LogP contribution in [0.1, 0.15) is 22.0 Å². The number of hydrazine groups is 1. The van der Waals surface area contributed by atoms with Crippen LogP contribution in [0, 0.1) is 0 Å². The number of ketones is 1. The number of thiocarbonyl (C=S) groups is 1. The predicted molar refractivity (Wildman–Crippen MR) is 136 cm³/mol. The molecule has 1 atom stereocenters. The number of hydrogen-bond acceptors (Lipinski definition) is 10. The van der Waals surface area contributed by atoms with Gasteiger partial charge in [0, 0.05) is 0 Å². The van der Waals surface area contributed by atoms with Gasteiger partial charge in [0.05, 0.1) is 29.4 Å². The van der Waals surface area contributed by atoms with Gasteiger partial charge in [-0.1, -0.05) is 24.3 Å². The van der Waals surface area contributed by atoms with Crippen LogP contribution in [0.4, 0.5) is 5.69 Å². The van der Waals surface area contributed by atoms with Crippen molar-refractivity contribution in [1.29, 1.82) is 0 Å². The lowest BCUT2D eigenvalue weighted by atomic mass is 9.93. The molecule has 0 saturated carbocycles. The average Bonchev–Trinajstić information content (AvgIpc) is 2.90. The fourth-order valence-corrected chi connectivity index (χ4v) is 3.26. The van der Waals surface area contributed by atoms with E-state index in [4.69, 9.17) is 28.5 Å². The zero-order valence-electron chi connectivity index (χ0n) is 19.1. The SMILES string of the molecule is COC(=O)/C(=N/NC(=S)NN)[C@H](C(=O)C(=O)Nc1ccccc1C(N)=O)c1nc2ccccc2[nH]c1=O. The van der Waals surface area contributed by atoms with Gasteiger partial charge in [0.25, 0.3) is 17.4 Å². The van der Waals surface area contributed by atoms with Gasteiger partial charge in [0.2, 0.25) is 10.9 Å². The van der Waals surface area contributed by atoms with Crippen molar-refractivity contribution in [2.45, 2.75) is 5.92 Å². The quantitative estimate of drug-likeness (QED) is 0.0533. The van der Waals surface area contributed by atoms with E-state index in [1.54, 1.807) is 24.3 Å². The summed E-state index contributed by atoms with van der Waals surface area (Å²) in [6, 6.07) is 12.1. The molecule has 0 aliphatic rings. The van der Waals surface area contributed by atoms with Crippen LogP contribution in [0.3, 0.4) is 0 Å². The van der Waals surface area contributed by atoms with Crippen molar-refractivity contribution in [2.75, 3.05) is 12.4 Å². The molecule has 3 aromatic rings. The highest BCUT2D eigenvalue weighted by atomic mass is 32.1. The number of para-hydroxylation sites is 3. The maximum atomic E-state index is 13.5. The minimum atomic E-state index is -1.96. The number of benzene rings is 2. The highest BCUT2D eigenvalue weighted by molar-refractivity contribution is 7.80. The number of Topliss-reactive ketones (excluding diaryl/α,β-unsaturated/α-hetero) is 1. The zero-order chi connectivity index (χ0) is 27.1. The Labute approximate surface area is 213 Å². The fraction of sp³-hybridized carbons (Fsp3) is 0.0909. The Kier molecular flexibility index (Phi) is 8.34. The van der Waals surface area contributed by atoms with Gasteiger partial charge < -0.3 is 20.8 Å². The molecule has 3 rings (SSSR count). The number of carbonyl (C=O) groups is 4. The number of amides is 2. The van der Waals surface area contributed by atoms with Crippen LogP contribution in [-0.4, -0.2) is 51.5 Å². The molecule has 0 saturated heterocycles. The largest absolute Gasteiger partial charge is 0.464 e. The number of nitrogens with one attached hydrogen (secondary N) is 4. The van der Waals surface area contributed by atoms with Crippen molar-refractivity contribution < 1.29 is 23.9 Å². The summed E-state index contributed by atoms with van der Waals surface area (Å²) in [7, 11) is 1.00. The number of ether oxygens (including phenoxy) is 1. The van der Waals surface area contributed by atoms with Gasteiger partial charge in [-0.05, 0) is 36.5 Å². The van der Waals surface area contributed by atoms with Gasteiger partial charge in [-0.25, -0.2) is 15.6 Å². The Morgan fingerprint density at radius 3 is 2.46 bits per heavy atom. The van der Waals surface area contributed by atoms with E-state index in [0.717, 1.165) is 7.11 Å². The van der Waals surface area contributed by atoms with Crippen LogP contribution in [0.15, 0.2) is 58.4 Å². The predicted octanol–water partition coefficient (Wildman–Crippen LogP) is -0.820. The van der Waals surface area contributed by atoms with Gasteiger partial charge in [-0.15, -0.1) is 0 Å². The number of primary amides is 1. The molecule has 0 radical (unpaired) electrons. The van der Waals surface area contributed by atoms with Crippen LogP contribution >= 0.6 is 12.2 Å². The van der Waals surface area contributed by atoms with E-state index in [9.17, 15) is 24.0 Å². The number of H-pyrrole nitrogens is 1. The summed E-state index contributed by atoms with van der Waals surface area (Å²) in [6.45, 7) is 0. The van der Waals surface area contributed by atoms with Gasteiger partial charge in [-0.2, -0.15) is 5.10 Å². The maximum Gasteiger partial charge on any atom is 0.355 e. The van der Waals surface area contributed by atoms with Gasteiger partial charge in [0.1, 0.15) is 11.6 Å². The standard InChI is InChI=1S/C22H20N8O6S/c1-36-21(35)16(29-30-22(37)28-24)14(15-19(33)27-13-9-5-4-8-12(13)25-15)17(31)20(34)26-11-7-3-2-6-10(11)18(23)32/h2-9,14H,24H2,1H3,(H2,23,32)(H,26,34)(H,27,33)(H2,28,30,37)/b29-16+/t14-/m1/s1. The van der Waals surface area contributed by atoms with Crippen LogP contribution < -0.4 is 33.3 Å². The minimum absolute atomic E-state index is 0.0735. The molecule has 37 heavy (non-hydrogen) atoms. The lowest BCUT2D eigenvalue weighted by Crippen LogP contribution is -2.42. The second-order valence-corrected chi connectivity index (χ2v) is 7.61. The van der Waals surface area contributed by atoms with Crippen molar-refractivity contribution in [3.05, 3.63) is 70.1 Å². The van der Waals surface area contributed by atoms with Gasteiger partial charge in [-0.3, -0.25) is 30.0 Å². The number of esters is 1. The molecule has 2 amide bonds. The molecule has 1 aromatic heterocycles. The van der Waals surface area contributed by atoms with E-state index in [-0.39, 0.29) is 21.9 Å². The number of anilines is 1. The Hall–Kier alpha value is -5.02. The minimum Gasteiger partial charge on any atom is -0.464 e. The smallest absolute Gasteiger partial charge is 0.355 e. The van der Waals surface area contributed by atoms with Crippen LogP contribution in [0.2, 0.25) is 0 Å². The monoisotopic (exact) mass is 524 g/mol. The molecule has 14 nitrogen and oxygen atoms in total. The number of fused-ring (bicyclic) bond motifs is 1. The normalized spacial score (nSPS) is 11.8. The van der Waals surface area contributed by atoms with Crippen LogP contribution in [0.25, 0.3) is 11.0 Å². The van der Waals surface area contributed by atoms with E-state index >= 15 is 0 Å². The van der Waals surface area contributed by atoms with Crippen molar-refractivity contribution in [1.82, 2.24) is 20.8 Å². The third-order valence-corrected chi connectivity index (χ3v) is 5.11. The molecule has 0 unspecified atom stereocenters. The van der Waals surface area contributed by atoms with Crippen molar-refractivity contribution in [2.24, 2.45) is 16.7 Å². The number of nitrogens with two attached hydrogens (primary N) is 2. The molecular weight excluding hydrogens is 504 g/mol. The summed E-state index contributed by atoms with van der Waals surface area (Å²) in [5, 5.41) is 5.77. The molecule has 0 spiro atoms. The van der Waals surface area contributed by atoms with Crippen LogP contribution in [-0.2, 0) is 19.1 Å². The first-order valence-corrected chi connectivity index (χ1v) is 10.7. The molecule has 190 valence electrons. The molecule has 0 fully saturated rings. The van der Waals surface area contributed by atoms with E-state index < -0.39 is 46.4 Å². The summed E-state index contributed by atoms with van der Waals surface area (Å²) >= 11 is 4.83. The number of hydrogen-bond donors (Lipinski definition) is 6. The van der Waals surface area contributed by atoms with E-state index in [2.05, 4.69) is 31.2 Å². The number of aromatic nitrogens is 2. The van der Waals surface area contributed by atoms with Crippen molar-refractivity contribution in [3.8, 4) is 0 Å². The first-order valence-electron chi connectivity index (χ1n) is 10.3. The third kappa shape index (κ3) is 5.98. The number of nitrogens with zero attached hydrogens (tertiary/aromatic N) is 2. The number of aromatic amines is 1. The number of methoxy groups -OCH3 is 1. The van der Waals surface area contributed by atoms with E-state index in [0.29, 0.717) is 5.52 Å². The van der Waals surface area contributed by atoms with Crippen molar-refractivity contribution in [3.63, 3.8) is 0 Å². The molecular formula is C22H20N8O6S. The van der Waals surface area contributed by atoms with Gasteiger partial charge in [0.15, 0.2) is 5.71 Å². The third-order valence-electron chi connectivity index (χ3n) is 4.90. The summed E-state index contributed by atoms with van der Waals surface area (Å²) in [4.78, 5) is 70.6. The van der Waals surface area contributed by atoms with E-state index in [1.165, 1.54) is 24.3 Å². The Morgan fingerprint density at radius 1 is 1.11 bits per heavy atom. The summed E-state index contributed by atoms with van der Waals surface area (Å²) in [6.07, 6.45) is 0. The molecule has 2 aromatic carbocycles. The number of carbonyl (C=O) groups excluding carboxylic acids is 4. The first kappa shape index (κ1) is 26.6. The molecule has 8 N–H and O–H groups in total. The van der Waals surface area contributed by atoms with Gasteiger partial charge >= 0.3 is 5.97 Å². The first-order chi connectivity index (χ1) is 17.7. The maximum absolute atomic E-state index is 13.5. The average molecular weight is 525 g/mol. The molecule has 15 heteroatoms. The summed E-state index contributed by atoms with van der Waals surface area (Å²) in [5.41, 5.74) is 7.92. The lowest BCUT2D eigenvalue weighted by molar-refractivity contribution is -0.136. The Balaban J connectivity index is 2.17. The lowest BCUT2D eigenvalue weighted by Gasteiger charge is -2.17. The summed E-state index contributed by atoms with van der Waals surface area (Å²) < 4.78 is 4.72. The Bertz CT molecular complexity index is 1500. The molecule has 0 aliphatic heterocycles. The second kappa shape index (κ2) is 11.6. The molecule has 1 heterocycles. The topological polar surface area (TPSA) is 224 Å². The fourth-order valence-electron chi connectivity index (χ4n) is 3.22. The van der Waals surface area contributed by atoms with Crippen molar-refractivity contribution >= 4 is 63.3 Å². The Morgan fingerprint density at radius 2 is 1.78 bits per heavy atom. The highest BCUT2D eigenvalue weighted by Crippen LogP contribution is 2.20. The zero-order valence-corrected chi connectivity index (χ0v) is 19.9. The molecule has 0 aliphatic carbocycles. The summed E-state index contributed by atoms with van der Waals surface area (Å²) in [5.74, 6) is -1.44. The number of hydrazone groups is 1.